The van der Waals surface area contributed by atoms with Crippen molar-refractivity contribution in [2.24, 2.45) is 23.6 Å². The Morgan fingerprint density at radius 1 is 0.548 bits per heavy atom. The van der Waals surface area contributed by atoms with E-state index in [1.807, 2.05) is 27.7 Å². The normalized spacial score (nSPS) is 31.6. The lowest BCUT2D eigenvalue weighted by molar-refractivity contribution is -0.135. The fourth-order valence-electron chi connectivity index (χ4n) is 6.94. The Morgan fingerprint density at radius 2 is 0.935 bits per heavy atom. The van der Waals surface area contributed by atoms with E-state index in [2.05, 4.69) is 0 Å². The average molecular weight is 896 g/mol. The van der Waals surface area contributed by atoms with Crippen LogP contribution in [0, 0.1) is 23.6 Å². The van der Waals surface area contributed by atoms with Crippen molar-refractivity contribution in [3.8, 4) is 0 Å². The van der Waals surface area contributed by atoms with Crippen molar-refractivity contribution in [1.29, 1.82) is 0 Å². The van der Waals surface area contributed by atoms with Crippen molar-refractivity contribution in [3.63, 3.8) is 0 Å². The third-order valence-corrected chi connectivity index (χ3v) is 10.1. The minimum atomic E-state index is -2.73. The zero-order valence-electron chi connectivity index (χ0n) is 59.5. The molecule has 0 bridgehead atoms. The summed E-state index contributed by atoms with van der Waals surface area (Å²) in [4.78, 5) is 98.3. The largest absolute Gasteiger partial charge is 0.333 e. The van der Waals surface area contributed by atoms with Crippen molar-refractivity contribution in [1.82, 2.24) is 19.6 Å². The van der Waals surface area contributed by atoms with Gasteiger partial charge in [-0.1, -0.05) is 94.7 Å². The molecule has 12 heteroatoms. The summed E-state index contributed by atoms with van der Waals surface area (Å²) in [5.41, 5.74) is 0. The first-order valence-corrected chi connectivity index (χ1v) is 21.7. The molecule has 0 spiro atoms. The van der Waals surface area contributed by atoms with E-state index >= 15 is 0 Å². The van der Waals surface area contributed by atoms with Gasteiger partial charge in [0.1, 0.15) is 0 Å². The molecule has 0 aliphatic carbocycles. The standard InChI is InChI=1S/2C12H21NO2.2C11H19NO2.2C2H6/c2*1-4-6-10-7-12(15)13(8-10)11(5-2)9(3)14;2*1-4-5-10-6-11(14)12(7-10)8(2)9(3)13;2*1-2/h2*10-11H,4-8H2,1-3H3;2*8,10H,4-7H2,1-3H3;2*1-2H3/t2*10-,11+;2*8-,10+;;/m1100../s1/i4D2,5D2,6D2,10D,11D;4D2,6D2,10D;4D2,5D2;4D2;;. The van der Waals surface area contributed by atoms with Crippen LogP contribution in [-0.2, 0) is 38.4 Å². The molecule has 0 unspecified atom stereocenters. The van der Waals surface area contributed by atoms with Crippen molar-refractivity contribution < 1.29 is 64.4 Å². The third-order valence-electron chi connectivity index (χ3n) is 10.1. The van der Waals surface area contributed by atoms with Gasteiger partial charge in [-0.3, -0.25) is 38.4 Å². The van der Waals surface area contributed by atoms with Crippen molar-refractivity contribution in [2.75, 3.05) is 26.2 Å². The summed E-state index contributed by atoms with van der Waals surface area (Å²) in [6.45, 7) is 23.6. The van der Waals surface area contributed by atoms with Gasteiger partial charge in [0.25, 0.3) is 0 Å². The number of amides is 4. The number of hydrogen-bond donors (Lipinski definition) is 0. The van der Waals surface area contributed by atoms with Crippen LogP contribution < -0.4 is 0 Å². The van der Waals surface area contributed by atoms with E-state index in [1.54, 1.807) is 25.7 Å². The van der Waals surface area contributed by atoms with Crippen LogP contribution >= 0.6 is 0 Å². The average Bonchev–Trinajstić information content (AvgIpc) is 4.05. The van der Waals surface area contributed by atoms with Crippen molar-refractivity contribution in [2.45, 2.75) is 224 Å². The number of carbonyl (C=O) groups excluding carboxylic acids is 8. The van der Waals surface area contributed by atoms with Crippen molar-refractivity contribution >= 4 is 46.8 Å². The number of carbonyl (C=O) groups is 8. The Morgan fingerprint density at radius 3 is 1.29 bits per heavy atom. The first kappa shape index (κ1) is 34.0. The van der Waals surface area contributed by atoms with Gasteiger partial charge in [0.05, 0.1) is 25.5 Å². The third kappa shape index (κ3) is 20.4. The van der Waals surface area contributed by atoms with Gasteiger partial charge in [-0.05, 0) is 103 Å². The first-order chi connectivity index (χ1) is 36.0. The molecule has 0 radical (unpaired) electrons. The predicted octanol–water partition coefficient (Wildman–Crippen LogP) is 9.28. The Hall–Kier alpha value is -3.44. The zero-order valence-corrected chi connectivity index (χ0v) is 40.5. The summed E-state index contributed by atoms with van der Waals surface area (Å²) in [5, 5.41) is 0. The smallest absolute Gasteiger partial charge is 0.223 e. The quantitative estimate of drug-likeness (QED) is 0.132. The van der Waals surface area contributed by atoms with Crippen LogP contribution in [0.4, 0.5) is 0 Å². The van der Waals surface area contributed by atoms with Crippen LogP contribution in [0.15, 0.2) is 0 Å². The molecule has 0 N–H and O–H groups in total. The minimum absolute atomic E-state index is 0.0199. The maximum atomic E-state index is 12.2. The summed E-state index contributed by atoms with van der Waals surface area (Å²) in [6.07, 6.45) is -17.7. The van der Waals surface area contributed by atoms with E-state index in [0.717, 1.165) is 27.7 Å². The number of rotatable bonds is 18. The molecule has 0 aromatic rings. The Balaban J connectivity index is 0. The molecular weight excluding hydrogens is 785 g/mol. The molecule has 4 fully saturated rings. The maximum Gasteiger partial charge on any atom is 0.223 e. The maximum absolute atomic E-state index is 12.2. The summed E-state index contributed by atoms with van der Waals surface area (Å²) >= 11 is 0. The molecule has 4 heterocycles. The van der Waals surface area contributed by atoms with Crippen LogP contribution in [0.25, 0.3) is 0 Å². The lowest BCUT2D eigenvalue weighted by atomic mass is 10.0. The number of likely N-dealkylation sites (tertiary alicyclic amines) is 4. The van der Waals surface area contributed by atoms with E-state index in [9.17, 15) is 38.4 Å². The SMILES string of the molecule is CC.CC.[2H]C([2H])(C)C([2H])([2H])[C@@H]1CC(=O)N([C@@H](C)C(C)=O)C1.[2H]C([2H])(C)C([2H])([2H])[C@]1([2H])CC(=O)N([C@@H](CC)C(C)=O)C1.[2H]C([2H])(C)C([2H])([2H])[C@]1([2H])CC(=O)N([C@]([2H])(C(C)=O)C([2H])([2H])C)C1.[2H]C([2H])(C)C[C@@H]1CC(=O)N([C@@H](C)C(C)=O)C1. The lowest BCUT2D eigenvalue weighted by Crippen LogP contribution is -2.40. The van der Waals surface area contributed by atoms with E-state index in [0.29, 0.717) is 30.7 Å². The number of Topliss-reactive ketones (excluding diaryl/α,β-unsaturated/α-hetero) is 4. The van der Waals surface area contributed by atoms with E-state index in [-0.39, 0.29) is 60.6 Å². The predicted molar refractivity (Wildman–Crippen MR) is 251 cm³/mol. The van der Waals surface area contributed by atoms with Crippen LogP contribution in [-0.4, -0.2) is 117 Å². The summed E-state index contributed by atoms with van der Waals surface area (Å²) in [6, 6.07) is -4.20. The van der Waals surface area contributed by atoms with Gasteiger partial charge in [-0.15, -0.1) is 0 Å². The van der Waals surface area contributed by atoms with E-state index in [4.69, 9.17) is 26.0 Å². The highest BCUT2D eigenvalue weighted by molar-refractivity contribution is 5.90. The van der Waals surface area contributed by atoms with Gasteiger partial charge in [0.2, 0.25) is 23.6 Å². The molecule has 62 heavy (non-hydrogen) atoms. The van der Waals surface area contributed by atoms with Crippen LogP contribution in [0.3, 0.4) is 0 Å². The second kappa shape index (κ2) is 33.1. The lowest BCUT2D eigenvalue weighted by Gasteiger charge is -2.24. The van der Waals surface area contributed by atoms with Gasteiger partial charge >= 0.3 is 0 Å². The van der Waals surface area contributed by atoms with Crippen LogP contribution in [0.1, 0.15) is 226 Å². The first-order valence-electron chi connectivity index (χ1n) is 31.2. The highest BCUT2D eigenvalue weighted by Crippen LogP contribution is 2.27. The molecule has 0 saturated carbocycles. The molecule has 4 rings (SSSR count). The van der Waals surface area contributed by atoms with Gasteiger partial charge in [0.15, 0.2) is 23.1 Å². The highest BCUT2D eigenvalue weighted by Gasteiger charge is 2.37. The molecule has 8 atom stereocenters. The van der Waals surface area contributed by atoms with Crippen LogP contribution in [0.2, 0.25) is 0 Å². The van der Waals surface area contributed by atoms with E-state index < -0.39 is 124 Å². The summed E-state index contributed by atoms with van der Waals surface area (Å²) < 4.78 is 148. The second-order valence-corrected chi connectivity index (χ2v) is 14.6. The molecule has 4 aliphatic rings. The monoisotopic (exact) mass is 896 g/mol. The Labute approximate surface area is 405 Å². The molecule has 12 nitrogen and oxygen atoms in total. The minimum Gasteiger partial charge on any atom is -0.333 e. The molecule has 4 saturated heterocycles. The molecule has 360 valence electrons. The Bertz CT molecular complexity index is 2210. The second-order valence-electron chi connectivity index (χ2n) is 14.6. The number of ketones is 4. The van der Waals surface area contributed by atoms with Gasteiger partial charge < -0.3 is 19.6 Å². The molecule has 4 aliphatic heterocycles. The fourth-order valence-corrected chi connectivity index (χ4v) is 6.94. The van der Waals surface area contributed by atoms with Crippen molar-refractivity contribution in [3.05, 3.63) is 0 Å². The van der Waals surface area contributed by atoms with Gasteiger partial charge in [-0.2, -0.15) is 0 Å². The fraction of sp³-hybridized carbons (Fsp3) is 0.840. The molecule has 0 aromatic carbocycles. The Kier molecular flexibility index (Phi) is 18.2. The summed E-state index contributed by atoms with van der Waals surface area (Å²) in [5.74, 6) is -7.79. The highest BCUT2D eigenvalue weighted by atomic mass is 16.2. The topological polar surface area (TPSA) is 150 Å². The van der Waals surface area contributed by atoms with Gasteiger partial charge in [0, 0.05) is 76.5 Å². The van der Waals surface area contributed by atoms with Gasteiger partial charge in [-0.25, -0.2) is 0 Å². The molecule has 4 amide bonds. The summed E-state index contributed by atoms with van der Waals surface area (Å²) in [7, 11) is 0. The molecular formula is C50H92N4O8. The number of nitrogens with zero attached hydrogens (tertiary/aromatic N) is 4. The zero-order chi connectivity index (χ0) is 65.4. The van der Waals surface area contributed by atoms with E-state index in [1.165, 1.54) is 44.4 Å². The number of hydrogen-bond acceptors (Lipinski definition) is 8. The molecule has 0 aromatic heterocycles. The van der Waals surface area contributed by atoms with Crippen LogP contribution in [0.5, 0.6) is 0 Å².